The summed E-state index contributed by atoms with van der Waals surface area (Å²) in [6, 6.07) is -0.988. The molecule has 37 heavy (non-hydrogen) atoms. The van der Waals surface area contributed by atoms with Crippen LogP contribution < -0.4 is 11.1 Å². The van der Waals surface area contributed by atoms with Gasteiger partial charge in [0.15, 0.2) is 10.8 Å². The summed E-state index contributed by atoms with van der Waals surface area (Å²) < 4.78 is 14.5. The number of rotatable bonds is 10. The van der Waals surface area contributed by atoms with E-state index in [1.165, 1.54) is 48.2 Å². The average Bonchev–Trinajstić information content (AvgIpc) is 3.28. The highest BCUT2D eigenvalue weighted by atomic mass is 32.2. The van der Waals surface area contributed by atoms with Gasteiger partial charge in [-0.05, 0) is 11.6 Å². The van der Waals surface area contributed by atoms with Gasteiger partial charge in [0.2, 0.25) is 6.79 Å². The minimum atomic E-state index is -0.988. The summed E-state index contributed by atoms with van der Waals surface area (Å²) in [5.74, 6) is -3.08. The summed E-state index contributed by atoms with van der Waals surface area (Å²) >= 11 is 2.39. The van der Waals surface area contributed by atoms with E-state index in [-0.39, 0.29) is 34.6 Å². The Balaban J connectivity index is 1.79. The van der Waals surface area contributed by atoms with Gasteiger partial charge in [-0.2, -0.15) is 0 Å². The molecule has 0 saturated carbocycles. The lowest BCUT2D eigenvalue weighted by atomic mass is 10.0. The number of aromatic nitrogens is 1. The number of thioether (sulfide) groups is 1. The second-order valence-corrected chi connectivity index (χ2v) is 9.31. The van der Waals surface area contributed by atoms with E-state index < -0.39 is 47.9 Å². The fourth-order valence-electron chi connectivity index (χ4n) is 3.25. The van der Waals surface area contributed by atoms with Crippen LogP contribution in [0.5, 0.6) is 0 Å². The molecule has 14 nitrogen and oxygen atoms in total. The summed E-state index contributed by atoms with van der Waals surface area (Å²) in [5.41, 5.74) is 5.98. The number of nitrogens with one attached hydrogen (secondary N) is 1. The summed E-state index contributed by atoms with van der Waals surface area (Å²) in [6.07, 6.45) is 3.04. The van der Waals surface area contributed by atoms with Crippen molar-refractivity contribution in [2.45, 2.75) is 25.3 Å². The Morgan fingerprint density at radius 1 is 1.24 bits per heavy atom. The van der Waals surface area contributed by atoms with Gasteiger partial charge in [0.05, 0.1) is 0 Å². The average molecular weight is 554 g/mol. The Labute approximate surface area is 218 Å². The van der Waals surface area contributed by atoms with E-state index in [2.05, 4.69) is 20.2 Å². The number of hydrogen-bond donors (Lipinski definition) is 2. The number of allylic oxidation sites excluding steroid dienone is 1. The molecule has 2 aliphatic heterocycles. The number of oxime groups is 1. The minimum absolute atomic E-state index is 0.0436. The van der Waals surface area contributed by atoms with Crippen LogP contribution in [0.3, 0.4) is 0 Å². The zero-order chi connectivity index (χ0) is 27.1. The maximum Gasteiger partial charge on any atom is 0.358 e. The first-order valence-corrected chi connectivity index (χ1v) is 12.5. The number of carbonyl (C=O) groups excluding carboxylic acids is 5. The number of amides is 2. The molecule has 3 rings (SSSR count). The van der Waals surface area contributed by atoms with Crippen LogP contribution in [-0.4, -0.2) is 83.0 Å². The molecule has 1 aromatic rings. The Kier molecular flexibility index (Phi) is 9.24. The highest BCUT2D eigenvalue weighted by Crippen LogP contribution is 2.41. The number of fused-ring (bicyclic) bond motifs is 1. The fraction of sp³-hybridized carbons (Fsp3) is 0.381. The van der Waals surface area contributed by atoms with Gasteiger partial charge in [0.25, 0.3) is 11.8 Å². The summed E-state index contributed by atoms with van der Waals surface area (Å²) in [7, 11) is 1.26. The number of ether oxygens (including phenoxy) is 3. The van der Waals surface area contributed by atoms with Crippen molar-refractivity contribution in [3.05, 3.63) is 34.5 Å². The van der Waals surface area contributed by atoms with Gasteiger partial charge in [0.1, 0.15) is 36.5 Å². The lowest BCUT2D eigenvalue weighted by molar-refractivity contribution is -0.166. The topological polar surface area (TPSA) is 189 Å². The van der Waals surface area contributed by atoms with Crippen LogP contribution in [0.15, 0.2) is 34.0 Å². The second kappa shape index (κ2) is 12.4. The Morgan fingerprint density at radius 3 is 2.59 bits per heavy atom. The largest absolute Gasteiger partial charge is 0.462 e. The fourth-order valence-corrected chi connectivity index (χ4v) is 5.12. The molecule has 2 amide bonds. The van der Waals surface area contributed by atoms with Crippen LogP contribution in [0.1, 0.15) is 19.5 Å². The van der Waals surface area contributed by atoms with E-state index in [1.807, 2.05) is 0 Å². The predicted octanol–water partition coefficient (Wildman–Crippen LogP) is -0.0871. The summed E-state index contributed by atoms with van der Waals surface area (Å²) in [4.78, 5) is 70.8. The molecule has 1 fully saturated rings. The van der Waals surface area contributed by atoms with E-state index in [1.54, 1.807) is 0 Å². The number of nitrogen functional groups attached to an aromatic ring is 1. The third-order valence-corrected chi connectivity index (χ3v) is 6.77. The summed E-state index contributed by atoms with van der Waals surface area (Å²) in [6.45, 7) is 1.72. The number of nitrogens with zero attached hydrogens (tertiary/aromatic N) is 3. The number of esters is 3. The number of nitrogens with two attached hydrogens (primary N) is 1. The maximum atomic E-state index is 13.1. The molecule has 16 heteroatoms. The van der Waals surface area contributed by atoms with E-state index >= 15 is 0 Å². The van der Waals surface area contributed by atoms with E-state index in [9.17, 15) is 24.0 Å². The Bertz CT molecular complexity index is 1190. The van der Waals surface area contributed by atoms with Crippen molar-refractivity contribution in [1.82, 2.24) is 15.2 Å². The lowest BCUT2D eigenvalue weighted by Gasteiger charge is -2.49. The molecule has 2 aliphatic rings. The molecular formula is C21H23N5O9S2. The molecule has 3 N–H and O–H groups in total. The van der Waals surface area contributed by atoms with Crippen molar-refractivity contribution in [2.24, 2.45) is 5.16 Å². The third kappa shape index (κ3) is 6.65. The highest BCUT2D eigenvalue weighted by molar-refractivity contribution is 8.00. The highest BCUT2D eigenvalue weighted by Gasteiger charge is 2.54. The molecule has 0 radical (unpaired) electrons. The van der Waals surface area contributed by atoms with Gasteiger partial charge in [-0.25, -0.2) is 9.78 Å². The van der Waals surface area contributed by atoms with Crippen molar-refractivity contribution >= 4 is 63.7 Å². The number of thiazole rings is 1. The first-order valence-electron chi connectivity index (χ1n) is 10.6. The number of hydrogen-bond acceptors (Lipinski definition) is 14. The molecule has 3 heterocycles. The molecule has 1 saturated heterocycles. The van der Waals surface area contributed by atoms with Crippen LogP contribution in [0.2, 0.25) is 0 Å². The van der Waals surface area contributed by atoms with Crippen LogP contribution in [0, 0.1) is 0 Å². The standard InChI is InChI=1S/C21H23N5O9S2/c1-10(27)33-6-4-5-12-7-36-19-15(18(30)26(19)16(12)20(31)35-9-34-11(2)28)24-17(29)14(25-32-3)13-8-37-21(22)23-13/h4-5,8,15,19H,6-7,9H2,1-3H3,(H2,22,23)(H,24,29)/b5-4+,25-14-/t15-,19-/m1/s1. The van der Waals surface area contributed by atoms with Crippen LogP contribution in [-0.2, 0) is 43.0 Å². The number of β-lactam (4-membered cyclic amide) rings is 1. The normalized spacial score (nSPS) is 19.2. The minimum Gasteiger partial charge on any atom is -0.462 e. The zero-order valence-electron chi connectivity index (χ0n) is 19.9. The first-order chi connectivity index (χ1) is 17.6. The zero-order valence-corrected chi connectivity index (χ0v) is 21.6. The second-order valence-electron chi connectivity index (χ2n) is 7.32. The third-order valence-electron chi connectivity index (χ3n) is 4.79. The van der Waals surface area contributed by atoms with Gasteiger partial charge in [-0.15, -0.1) is 23.1 Å². The Hall–Kier alpha value is -3.92. The monoisotopic (exact) mass is 553 g/mol. The van der Waals surface area contributed by atoms with E-state index in [0.29, 0.717) is 5.57 Å². The van der Waals surface area contributed by atoms with Gasteiger partial charge < -0.3 is 30.1 Å². The Morgan fingerprint density at radius 2 is 1.97 bits per heavy atom. The molecule has 0 aromatic carbocycles. The van der Waals surface area contributed by atoms with Crippen molar-refractivity contribution in [3.63, 3.8) is 0 Å². The SMILES string of the molecule is CO/N=C(\C(=O)N[C@@H]1C(=O)N2C(C(=O)OCOC(C)=O)=C(/C=C/COC(C)=O)CS[C@H]12)c1csc(N)n1. The maximum absolute atomic E-state index is 13.1. The van der Waals surface area contributed by atoms with Crippen molar-refractivity contribution in [2.75, 3.05) is 32.0 Å². The molecule has 1 aromatic heterocycles. The van der Waals surface area contributed by atoms with Gasteiger partial charge in [-0.3, -0.25) is 24.1 Å². The predicted molar refractivity (Wildman–Crippen MR) is 131 cm³/mol. The van der Waals surface area contributed by atoms with Crippen molar-refractivity contribution in [1.29, 1.82) is 0 Å². The van der Waals surface area contributed by atoms with Crippen LogP contribution in [0.25, 0.3) is 0 Å². The molecule has 0 bridgehead atoms. The van der Waals surface area contributed by atoms with Crippen molar-refractivity contribution in [3.8, 4) is 0 Å². The van der Waals surface area contributed by atoms with Gasteiger partial charge >= 0.3 is 17.9 Å². The quantitative estimate of drug-likeness (QED) is 0.129. The van der Waals surface area contributed by atoms with Gasteiger partial charge in [-0.1, -0.05) is 11.2 Å². The van der Waals surface area contributed by atoms with Gasteiger partial charge in [0, 0.05) is 25.0 Å². The lowest BCUT2D eigenvalue weighted by Crippen LogP contribution is -2.71. The van der Waals surface area contributed by atoms with E-state index in [0.717, 1.165) is 18.3 Å². The molecular weight excluding hydrogens is 530 g/mol. The van der Waals surface area contributed by atoms with Crippen LogP contribution >= 0.6 is 23.1 Å². The number of carbonyl (C=O) groups is 5. The van der Waals surface area contributed by atoms with E-state index in [4.69, 9.17) is 20.0 Å². The molecule has 0 unspecified atom stereocenters. The smallest absolute Gasteiger partial charge is 0.358 e. The van der Waals surface area contributed by atoms with Crippen molar-refractivity contribution < 1.29 is 43.0 Å². The molecule has 0 spiro atoms. The molecule has 198 valence electrons. The first kappa shape index (κ1) is 27.7. The molecule has 2 atom stereocenters. The van der Waals surface area contributed by atoms with Crippen LogP contribution in [0.4, 0.5) is 5.13 Å². The summed E-state index contributed by atoms with van der Waals surface area (Å²) in [5, 5.41) is 7.40. The number of anilines is 1. The molecule has 0 aliphatic carbocycles.